The summed E-state index contributed by atoms with van der Waals surface area (Å²) in [7, 11) is 0. The quantitative estimate of drug-likeness (QED) is 0.661. The van der Waals surface area contributed by atoms with E-state index in [1.54, 1.807) is 9.80 Å². The van der Waals surface area contributed by atoms with Crippen molar-refractivity contribution in [1.82, 2.24) is 20.0 Å². The summed E-state index contributed by atoms with van der Waals surface area (Å²) in [6.45, 7) is 3.18. The van der Waals surface area contributed by atoms with E-state index in [2.05, 4.69) is 21.3 Å². The van der Waals surface area contributed by atoms with Crippen LogP contribution >= 0.6 is 0 Å². The van der Waals surface area contributed by atoms with Crippen LogP contribution in [0.15, 0.2) is 60.7 Å². The molecule has 1 N–H and O–H groups in total. The monoisotopic (exact) mass is 414 g/mol. The average Bonchev–Trinajstić information content (AvgIpc) is 3.30. The first kappa shape index (κ1) is 19.2. The number of aromatic nitrogens is 2. The number of nitrogens with one attached hydrogen (secondary N) is 1. The van der Waals surface area contributed by atoms with Gasteiger partial charge in [0, 0.05) is 37.8 Å². The van der Waals surface area contributed by atoms with Gasteiger partial charge in [-0.1, -0.05) is 30.3 Å². The van der Waals surface area contributed by atoms with E-state index in [-0.39, 0.29) is 11.9 Å². The molecule has 3 heterocycles. The Kier molecular flexibility index (Phi) is 5.02. The summed E-state index contributed by atoms with van der Waals surface area (Å²) in [5, 5.41) is 16.7. The number of fused-ring (bicyclic) bond motifs is 1. The maximum absolute atomic E-state index is 13.1. The molecule has 0 radical (unpaired) electrons. The van der Waals surface area contributed by atoms with Crippen LogP contribution in [0.4, 0.5) is 5.82 Å². The molecule has 0 aliphatic carbocycles. The van der Waals surface area contributed by atoms with Crippen LogP contribution in [0.2, 0.25) is 0 Å². The van der Waals surface area contributed by atoms with Crippen LogP contribution in [0.3, 0.4) is 0 Å². The number of aromatic amines is 1. The lowest BCUT2D eigenvalue weighted by Gasteiger charge is -2.44. The molecular weight excluding hydrogens is 392 g/mol. The van der Waals surface area contributed by atoms with Crippen LogP contribution < -0.4 is 9.64 Å². The molecule has 0 unspecified atom stereocenters. The van der Waals surface area contributed by atoms with Gasteiger partial charge in [0.25, 0.3) is 0 Å². The van der Waals surface area contributed by atoms with Crippen molar-refractivity contribution < 1.29 is 9.53 Å². The number of H-pyrrole nitrogens is 1. The Hall–Kier alpha value is -3.83. The Labute approximate surface area is 180 Å². The summed E-state index contributed by atoms with van der Waals surface area (Å²) in [4.78, 5) is 18.7. The molecule has 0 bridgehead atoms. The number of para-hydroxylation sites is 2. The van der Waals surface area contributed by atoms with Gasteiger partial charge < -0.3 is 9.64 Å². The first-order valence-corrected chi connectivity index (χ1v) is 10.3. The number of hydrogen-bond acceptors (Lipinski definition) is 6. The van der Waals surface area contributed by atoms with E-state index >= 15 is 0 Å². The second kappa shape index (κ2) is 8.13. The predicted molar refractivity (Wildman–Crippen MR) is 115 cm³/mol. The van der Waals surface area contributed by atoms with Crippen molar-refractivity contribution in [3.05, 3.63) is 60.7 Å². The summed E-state index contributed by atoms with van der Waals surface area (Å²) in [6, 6.07) is 18.9. The van der Waals surface area contributed by atoms with Gasteiger partial charge in [0.05, 0.1) is 12.2 Å². The van der Waals surface area contributed by atoms with Crippen LogP contribution in [-0.4, -0.2) is 64.7 Å². The second-order valence-electron chi connectivity index (χ2n) is 7.64. The van der Waals surface area contributed by atoms with Gasteiger partial charge in [-0.3, -0.25) is 19.7 Å². The lowest BCUT2D eigenvalue weighted by Crippen LogP contribution is -2.64. The zero-order valence-electron chi connectivity index (χ0n) is 16.9. The molecule has 2 fully saturated rings. The molecule has 2 aliphatic heterocycles. The number of hydrogen-bond donors (Lipinski definition) is 1. The summed E-state index contributed by atoms with van der Waals surface area (Å²) in [5.74, 6) is 2.03. The molecule has 1 atom stereocenters. The molecule has 2 aliphatic rings. The zero-order chi connectivity index (χ0) is 21.2. The number of benzene rings is 2. The molecule has 0 saturated carbocycles. The molecule has 1 amide bonds. The second-order valence-corrected chi connectivity index (χ2v) is 7.64. The topological polar surface area (TPSA) is 88.5 Å². The van der Waals surface area contributed by atoms with E-state index in [0.717, 1.165) is 30.1 Å². The SMILES string of the molecule is N#CN1CCN2CCN(c3cc(-c4ccccc4Oc4ccccc4)[nH]n3)C(=O)[C@@H]2C1. The normalized spacial score (nSPS) is 19.1. The highest BCUT2D eigenvalue weighted by molar-refractivity contribution is 5.98. The van der Waals surface area contributed by atoms with Gasteiger partial charge in [0.1, 0.15) is 17.5 Å². The molecular formula is C23H22N6O2. The van der Waals surface area contributed by atoms with Crippen molar-refractivity contribution in [1.29, 1.82) is 5.26 Å². The number of nitrogens with zero attached hydrogens (tertiary/aromatic N) is 5. The van der Waals surface area contributed by atoms with E-state index in [4.69, 9.17) is 4.74 Å². The molecule has 156 valence electrons. The Bertz CT molecular complexity index is 1120. The number of rotatable bonds is 4. The first-order valence-electron chi connectivity index (χ1n) is 10.3. The van der Waals surface area contributed by atoms with E-state index in [9.17, 15) is 10.1 Å². The van der Waals surface area contributed by atoms with Crippen LogP contribution in [0.1, 0.15) is 0 Å². The summed E-state index contributed by atoms with van der Waals surface area (Å²) in [6.07, 6.45) is 2.16. The molecule has 8 nitrogen and oxygen atoms in total. The van der Waals surface area contributed by atoms with Crippen LogP contribution in [0.25, 0.3) is 11.3 Å². The Morgan fingerprint density at radius 2 is 1.81 bits per heavy atom. The average molecular weight is 414 g/mol. The van der Waals surface area contributed by atoms with Gasteiger partial charge in [-0.15, -0.1) is 0 Å². The highest BCUT2D eigenvalue weighted by Crippen LogP contribution is 2.34. The molecule has 2 saturated heterocycles. The minimum atomic E-state index is -0.309. The Morgan fingerprint density at radius 3 is 2.65 bits per heavy atom. The van der Waals surface area contributed by atoms with Gasteiger partial charge in [-0.2, -0.15) is 10.4 Å². The van der Waals surface area contributed by atoms with Gasteiger partial charge in [-0.05, 0) is 24.3 Å². The Morgan fingerprint density at radius 1 is 1.03 bits per heavy atom. The van der Waals surface area contributed by atoms with E-state index in [1.807, 2.05) is 60.7 Å². The fourth-order valence-corrected chi connectivity index (χ4v) is 4.14. The van der Waals surface area contributed by atoms with Gasteiger partial charge in [-0.25, -0.2) is 0 Å². The minimum Gasteiger partial charge on any atom is -0.457 e. The van der Waals surface area contributed by atoms with Gasteiger partial charge in [0.15, 0.2) is 12.0 Å². The van der Waals surface area contributed by atoms with Crippen molar-refractivity contribution in [2.24, 2.45) is 0 Å². The molecule has 3 aromatic rings. The summed E-state index contributed by atoms with van der Waals surface area (Å²) < 4.78 is 6.06. The molecule has 0 spiro atoms. The number of anilines is 1. The molecule has 5 rings (SSSR count). The van der Waals surface area contributed by atoms with E-state index in [1.165, 1.54) is 0 Å². The van der Waals surface area contributed by atoms with Crippen molar-refractivity contribution in [3.63, 3.8) is 0 Å². The van der Waals surface area contributed by atoms with E-state index < -0.39 is 0 Å². The number of carbonyl (C=O) groups is 1. The third kappa shape index (κ3) is 3.71. The highest BCUT2D eigenvalue weighted by Gasteiger charge is 2.39. The maximum Gasteiger partial charge on any atom is 0.247 e. The fourth-order valence-electron chi connectivity index (χ4n) is 4.14. The van der Waals surface area contributed by atoms with Crippen molar-refractivity contribution in [2.45, 2.75) is 6.04 Å². The first-order chi connectivity index (χ1) is 15.2. The standard InChI is InChI=1S/C23H22N6O2/c24-16-27-10-11-28-12-13-29(23(30)20(28)15-27)22-14-19(25-26-22)18-8-4-5-9-21(18)31-17-6-2-1-3-7-17/h1-9,14,20H,10-13,15H2,(H,25,26)/t20-/m0/s1. The van der Waals surface area contributed by atoms with Crippen LogP contribution in [0.5, 0.6) is 11.5 Å². The third-order valence-electron chi connectivity index (χ3n) is 5.78. The summed E-state index contributed by atoms with van der Waals surface area (Å²) >= 11 is 0. The van der Waals surface area contributed by atoms with Crippen LogP contribution in [0, 0.1) is 11.5 Å². The minimum absolute atomic E-state index is 0.0157. The lowest BCUT2D eigenvalue weighted by molar-refractivity contribution is -0.127. The lowest BCUT2D eigenvalue weighted by atomic mass is 10.1. The third-order valence-corrected chi connectivity index (χ3v) is 5.78. The maximum atomic E-state index is 13.1. The molecule has 8 heteroatoms. The number of ether oxygens (including phenoxy) is 1. The number of amides is 1. The fraction of sp³-hybridized carbons (Fsp3) is 0.261. The summed E-state index contributed by atoms with van der Waals surface area (Å²) in [5.41, 5.74) is 1.64. The van der Waals surface area contributed by atoms with Gasteiger partial charge in [0.2, 0.25) is 5.91 Å². The zero-order valence-corrected chi connectivity index (χ0v) is 16.9. The van der Waals surface area contributed by atoms with Crippen molar-refractivity contribution >= 4 is 11.7 Å². The molecule has 1 aromatic heterocycles. The number of piperazine rings is 2. The highest BCUT2D eigenvalue weighted by atomic mass is 16.5. The number of carbonyl (C=O) groups excluding carboxylic acids is 1. The smallest absolute Gasteiger partial charge is 0.247 e. The largest absolute Gasteiger partial charge is 0.457 e. The van der Waals surface area contributed by atoms with Gasteiger partial charge >= 0.3 is 0 Å². The van der Waals surface area contributed by atoms with Crippen LogP contribution in [-0.2, 0) is 4.79 Å². The van der Waals surface area contributed by atoms with Crippen molar-refractivity contribution in [2.75, 3.05) is 37.6 Å². The predicted octanol–water partition coefficient (Wildman–Crippen LogP) is 2.68. The number of nitriles is 1. The molecule has 2 aromatic carbocycles. The van der Waals surface area contributed by atoms with Crippen molar-refractivity contribution in [3.8, 4) is 28.9 Å². The molecule has 31 heavy (non-hydrogen) atoms. The Balaban J connectivity index is 1.39. The van der Waals surface area contributed by atoms with E-state index in [0.29, 0.717) is 31.2 Å².